The Labute approximate surface area is 304 Å². The molecule has 2 aliphatic rings. The van der Waals surface area contributed by atoms with E-state index in [-0.39, 0.29) is 12.5 Å². The second kappa shape index (κ2) is 16.6. The molecule has 1 aliphatic heterocycles. The largest absolute Gasteiger partial charge is 0.496 e. The second-order valence-electron chi connectivity index (χ2n) is 13.7. The number of pyridine rings is 1. The molecule has 10 heteroatoms. The normalized spacial score (nSPS) is 16.5. The first-order chi connectivity index (χ1) is 25.2. The number of benzene rings is 3. The molecule has 1 saturated heterocycles. The molecule has 1 aliphatic carbocycles. The molecule has 2 heterocycles. The van der Waals surface area contributed by atoms with E-state index in [0.717, 1.165) is 76.7 Å². The summed E-state index contributed by atoms with van der Waals surface area (Å²) in [7, 11) is 1.55. The van der Waals surface area contributed by atoms with E-state index >= 15 is 4.39 Å². The fourth-order valence-corrected chi connectivity index (χ4v) is 7.12. The average molecular weight is 707 g/mol. The third-order valence-electron chi connectivity index (χ3n) is 10.2. The molecule has 4 N–H and O–H groups in total. The lowest BCUT2D eigenvalue weighted by Gasteiger charge is -2.33. The van der Waals surface area contributed by atoms with Crippen molar-refractivity contribution in [2.75, 3.05) is 32.1 Å². The summed E-state index contributed by atoms with van der Waals surface area (Å²) in [5.74, 6) is -0.568. The maximum atomic E-state index is 15.7. The highest BCUT2D eigenvalue weighted by molar-refractivity contribution is 6.04. The Morgan fingerprint density at radius 3 is 2.50 bits per heavy atom. The number of hydrogen-bond donors (Lipinski definition) is 4. The smallest absolute Gasteiger partial charge is 0.320 e. The molecule has 1 saturated carbocycles. The lowest BCUT2D eigenvalue weighted by Crippen LogP contribution is -2.44. The lowest BCUT2D eigenvalue weighted by atomic mass is 9.92. The van der Waals surface area contributed by atoms with Crippen LogP contribution in [0.2, 0.25) is 0 Å². The van der Waals surface area contributed by atoms with E-state index in [2.05, 4.69) is 15.6 Å². The predicted octanol–water partition coefficient (Wildman–Crippen LogP) is 7.49. The third-order valence-corrected chi connectivity index (χ3v) is 10.2. The van der Waals surface area contributed by atoms with Gasteiger partial charge in [-0.3, -0.25) is 19.5 Å². The molecular formula is C42H47FN4O5. The summed E-state index contributed by atoms with van der Waals surface area (Å²) in [4.78, 5) is 32.1. The zero-order chi connectivity index (χ0) is 36.8. The number of methoxy groups -OCH3 is 1. The van der Waals surface area contributed by atoms with Crippen LogP contribution < -0.4 is 15.4 Å². The molecular weight excluding hydrogens is 659 g/mol. The van der Waals surface area contributed by atoms with Gasteiger partial charge in [-0.15, -0.1) is 0 Å². The summed E-state index contributed by atoms with van der Waals surface area (Å²) in [6, 6.07) is 18.1. The SMILES string of the molecule is COc1cc(/C(F)=C/c2cccc(-c3cccc(NC(=O)c4cc(C5CC5)c(CN5CCCC[C@H]5C(=O)O)cn4)c3C)c2C)ccc1CNCCO. The van der Waals surface area contributed by atoms with E-state index in [1.165, 1.54) is 6.08 Å². The first-order valence-electron chi connectivity index (χ1n) is 18.0. The van der Waals surface area contributed by atoms with Gasteiger partial charge in [-0.1, -0.05) is 48.9 Å². The number of halogens is 1. The van der Waals surface area contributed by atoms with Gasteiger partial charge < -0.3 is 25.6 Å². The van der Waals surface area contributed by atoms with Crippen molar-refractivity contribution in [3.05, 3.63) is 111 Å². The van der Waals surface area contributed by atoms with Gasteiger partial charge in [0.1, 0.15) is 23.3 Å². The number of ether oxygens (including phenoxy) is 1. The van der Waals surface area contributed by atoms with E-state index in [0.29, 0.717) is 54.7 Å². The number of rotatable bonds is 14. The van der Waals surface area contributed by atoms with Gasteiger partial charge in [-0.2, -0.15) is 0 Å². The van der Waals surface area contributed by atoms with E-state index in [9.17, 15) is 14.7 Å². The number of piperidine rings is 1. The van der Waals surface area contributed by atoms with Crippen molar-refractivity contribution in [2.45, 2.75) is 71.0 Å². The van der Waals surface area contributed by atoms with E-state index in [1.54, 1.807) is 25.4 Å². The van der Waals surface area contributed by atoms with Gasteiger partial charge in [-0.25, -0.2) is 4.39 Å². The molecule has 9 nitrogen and oxygen atoms in total. The maximum absolute atomic E-state index is 15.7. The Bertz CT molecular complexity index is 1970. The highest BCUT2D eigenvalue weighted by Crippen LogP contribution is 2.42. The molecule has 1 atom stereocenters. The monoisotopic (exact) mass is 706 g/mol. The molecule has 6 rings (SSSR count). The van der Waals surface area contributed by atoms with Crippen molar-refractivity contribution < 1.29 is 28.9 Å². The fourth-order valence-electron chi connectivity index (χ4n) is 7.12. The number of aromatic nitrogens is 1. The number of hydrogen-bond acceptors (Lipinski definition) is 7. The molecule has 3 aromatic carbocycles. The van der Waals surface area contributed by atoms with Crippen molar-refractivity contribution in [3.8, 4) is 16.9 Å². The van der Waals surface area contributed by atoms with Crippen molar-refractivity contribution >= 4 is 29.5 Å². The molecule has 2 fully saturated rings. The predicted molar refractivity (Wildman–Crippen MR) is 202 cm³/mol. The summed E-state index contributed by atoms with van der Waals surface area (Å²) in [5, 5.41) is 25.0. The number of carboxylic acid groups (broad SMARTS) is 1. The molecule has 4 aromatic rings. The van der Waals surface area contributed by atoms with E-state index in [1.807, 2.05) is 67.3 Å². The molecule has 0 spiro atoms. The van der Waals surface area contributed by atoms with Gasteiger partial charge in [0.2, 0.25) is 0 Å². The topological polar surface area (TPSA) is 124 Å². The Hall–Kier alpha value is -4.90. The van der Waals surface area contributed by atoms with Crippen LogP contribution in [-0.2, 0) is 17.9 Å². The molecule has 1 amide bonds. The van der Waals surface area contributed by atoms with Gasteiger partial charge in [0.05, 0.1) is 13.7 Å². The number of aliphatic carboxylic acids is 1. The Balaban J connectivity index is 1.21. The van der Waals surface area contributed by atoms with Crippen molar-refractivity contribution in [2.24, 2.45) is 0 Å². The fraction of sp³-hybridized carbons (Fsp3) is 0.357. The molecule has 1 aromatic heterocycles. The van der Waals surface area contributed by atoms with Crippen LogP contribution >= 0.6 is 0 Å². The summed E-state index contributed by atoms with van der Waals surface area (Å²) >= 11 is 0. The Morgan fingerprint density at radius 2 is 1.77 bits per heavy atom. The first-order valence-corrected chi connectivity index (χ1v) is 18.0. The van der Waals surface area contributed by atoms with Crippen LogP contribution in [0, 0.1) is 13.8 Å². The summed E-state index contributed by atoms with van der Waals surface area (Å²) in [6.07, 6.45) is 7.90. The zero-order valence-electron chi connectivity index (χ0n) is 30.0. The minimum absolute atomic E-state index is 0.0287. The Morgan fingerprint density at radius 1 is 1.00 bits per heavy atom. The van der Waals surface area contributed by atoms with Gasteiger partial charge in [0.15, 0.2) is 0 Å². The molecule has 0 unspecified atom stereocenters. The zero-order valence-corrected chi connectivity index (χ0v) is 30.0. The van der Waals surface area contributed by atoms with Crippen LogP contribution in [0.3, 0.4) is 0 Å². The van der Waals surface area contributed by atoms with Crippen LogP contribution in [-0.4, -0.2) is 64.8 Å². The molecule has 52 heavy (non-hydrogen) atoms. The standard InChI is InChI=1S/C42H47FN4O5/c1-26-29(20-36(43)30-15-16-31(23-44-17-19-48)40(21-30)52-3)8-6-9-33(26)34-10-7-11-37(27(34)2)46-41(49)38-22-35(28-13-14-28)32(24-45-38)25-47-18-5-4-12-39(47)42(50)51/h6-11,15-16,20-22,24,28,39,44,48H,4-5,12-14,17-19,23,25H2,1-3H3,(H,46,49)(H,50,51)/b36-20-/t39-/m0/s1. The number of carbonyl (C=O) groups is 2. The summed E-state index contributed by atoms with van der Waals surface area (Å²) in [5.41, 5.74) is 8.67. The molecule has 0 bridgehead atoms. The van der Waals surface area contributed by atoms with Gasteiger partial charge in [0.25, 0.3) is 5.91 Å². The van der Waals surface area contributed by atoms with E-state index < -0.39 is 17.8 Å². The number of aliphatic hydroxyl groups excluding tert-OH is 1. The Kier molecular flexibility index (Phi) is 11.8. The number of amides is 1. The molecule has 0 radical (unpaired) electrons. The maximum Gasteiger partial charge on any atom is 0.320 e. The van der Waals surface area contributed by atoms with Crippen LogP contribution in [0.1, 0.15) is 87.5 Å². The highest BCUT2D eigenvalue weighted by atomic mass is 19.1. The van der Waals surface area contributed by atoms with Gasteiger partial charge in [-0.05, 0) is 115 Å². The lowest BCUT2D eigenvalue weighted by molar-refractivity contribution is -0.144. The third kappa shape index (κ3) is 8.41. The summed E-state index contributed by atoms with van der Waals surface area (Å²) < 4.78 is 21.2. The number of carbonyl (C=O) groups excluding carboxylic acids is 1. The van der Waals surface area contributed by atoms with Crippen molar-refractivity contribution in [3.63, 3.8) is 0 Å². The summed E-state index contributed by atoms with van der Waals surface area (Å²) in [6.45, 7) is 6.15. The minimum atomic E-state index is -0.785. The van der Waals surface area contributed by atoms with Crippen LogP contribution in [0.5, 0.6) is 5.75 Å². The van der Waals surface area contributed by atoms with E-state index in [4.69, 9.17) is 9.84 Å². The van der Waals surface area contributed by atoms with Crippen LogP contribution in [0.4, 0.5) is 10.1 Å². The first kappa shape index (κ1) is 36.9. The second-order valence-corrected chi connectivity index (χ2v) is 13.7. The number of nitrogens with zero attached hydrogens (tertiary/aromatic N) is 2. The minimum Gasteiger partial charge on any atom is -0.496 e. The van der Waals surface area contributed by atoms with Gasteiger partial charge >= 0.3 is 5.97 Å². The average Bonchev–Trinajstić information content (AvgIpc) is 4.00. The molecule has 272 valence electrons. The quantitative estimate of drug-likeness (QED) is 0.0786. The van der Waals surface area contributed by atoms with Crippen LogP contribution in [0.25, 0.3) is 23.0 Å². The van der Waals surface area contributed by atoms with Crippen LogP contribution in [0.15, 0.2) is 66.9 Å². The highest BCUT2D eigenvalue weighted by Gasteiger charge is 2.32. The number of carboxylic acids is 1. The number of anilines is 1. The van der Waals surface area contributed by atoms with Crippen molar-refractivity contribution in [1.82, 2.24) is 15.2 Å². The number of nitrogens with one attached hydrogen (secondary N) is 2. The van der Waals surface area contributed by atoms with Crippen molar-refractivity contribution in [1.29, 1.82) is 0 Å². The van der Waals surface area contributed by atoms with Gasteiger partial charge in [0, 0.05) is 42.6 Å². The number of aliphatic hydroxyl groups is 1. The number of likely N-dealkylation sites (tertiary alicyclic amines) is 1.